The molecule has 6 unspecified atom stereocenters. The van der Waals surface area contributed by atoms with Crippen LogP contribution in [0, 0.1) is 0 Å². The van der Waals surface area contributed by atoms with Gasteiger partial charge in [0.2, 0.25) is 0 Å². The quantitative estimate of drug-likeness (QED) is 0.0262. The van der Waals surface area contributed by atoms with Crippen molar-refractivity contribution in [3.05, 3.63) is 0 Å². The van der Waals surface area contributed by atoms with Crippen molar-refractivity contribution >= 4 is 16.4 Å². The SMILES string of the molecule is CCCCCCCCCCCCCCCCCCCCCCCCC(=O)OC(COCCCCCCCCC)COC1OC(CO)C(O)C(OS(=O)(=O)O)C1O. The van der Waals surface area contributed by atoms with Gasteiger partial charge in [-0.3, -0.25) is 9.35 Å². The maximum absolute atomic E-state index is 12.8. The summed E-state index contributed by atoms with van der Waals surface area (Å²) in [7, 11) is -5.05. The van der Waals surface area contributed by atoms with Gasteiger partial charge in [0.15, 0.2) is 6.29 Å². The standard InChI is InChI=1S/C43H84O12S/c1-3-5-7-9-11-12-13-14-15-16-17-18-19-20-21-22-23-24-25-26-28-30-32-39(45)53-37(35-51-33-31-29-27-10-8-6-4-2)36-52-43-41(47)42(55-56(48,49)50)40(46)38(34-44)54-43/h37-38,40-44,46-47H,3-36H2,1-2H3,(H,48,49,50). The number of aliphatic hydroxyl groups excluding tert-OH is 3. The molecule has 0 aromatic heterocycles. The molecule has 1 aliphatic heterocycles. The first-order chi connectivity index (χ1) is 27.1. The van der Waals surface area contributed by atoms with Crippen LogP contribution in [0.2, 0.25) is 0 Å². The van der Waals surface area contributed by atoms with Crippen LogP contribution >= 0.6 is 0 Å². The average molecular weight is 825 g/mol. The summed E-state index contributed by atoms with van der Waals surface area (Å²) in [4.78, 5) is 12.8. The van der Waals surface area contributed by atoms with Crippen LogP contribution in [0.25, 0.3) is 0 Å². The van der Waals surface area contributed by atoms with Crippen molar-refractivity contribution in [3.63, 3.8) is 0 Å². The van der Waals surface area contributed by atoms with Crippen molar-refractivity contribution in [2.24, 2.45) is 0 Å². The summed E-state index contributed by atoms with van der Waals surface area (Å²) in [6.45, 7) is 3.98. The van der Waals surface area contributed by atoms with Gasteiger partial charge in [0, 0.05) is 13.0 Å². The van der Waals surface area contributed by atoms with Crippen LogP contribution in [0.3, 0.4) is 0 Å². The lowest BCUT2D eigenvalue weighted by Gasteiger charge is -2.41. The molecule has 12 nitrogen and oxygen atoms in total. The van der Waals surface area contributed by atoms with Gasteiger partial charge >= 0.3 is 16.4 Å². The fraction of sp³-hybridized carbons (Fsp3) is 0.977. The lowest BCUT2D eigenvalue weighted by atomic mass is 9.99. The zero-order chi connectivity index (χ0) is 41.1. The summed E-state index contributed by atoms with van der Waals surface area (Å²) in [6, 6.07) is 0. The minimum Gasteiger partial charge on any atom is -0.457 e. The van der Waals surface area contributed by atoms with Crippen molar-refractivity contribution in [1.29, 1.82) is 0 Å². The lowest BCUT2D eigenvalue weighted by molar-refractivity contribution is -0.301. The van der Waals surface area contributed by atoms with E-state index < -0.39 is 59.8 Å². The van der Waals surface area contributed by atoms with E-state index in [9.17, 15) is 28.5 Å². The number of hydrogen-bond acceptors (Lipinski definition) is 11. The Labute approximate surface area is 341 Å². The zero-order valence-electron chi connectivity index (χ0n) is 35.5. The molecule has 0 radical (unpaired) electrons. The first kappa shape index (κ1) is 53.1. The van der Waals surface area contributed by atoms with E-state index in [1.807, 2.05) is 0 Å². The van der Waals surface area contributed by atoms with Gasteiger partial charge in [-0.15, -0.1) is 0 Å². The molecule has 0 spiro atoms. The molecule has 1 fully saturated rings. The Balaban J connectivity index is 2.28. The third-order valence-corrected chi connectivity index (χ3v) is 11.2. The zero-order valence-corrected chi connectivity index (χ0v) is 36.3. The molecule has 1 aliphatic rings. The average Bonchev–Trinajstić information content (AvgIpc) is 3.17. The van der Waals surface area contributed by atoms with E-state index in [0.717, 1.165) is 38.5 Å². The molecule has 4 N–H and O–H groups in total. The molecule has 0 aliphatic carbocycles. The van der Waals surface area contributed by atoms with Crippen LogP contribution in [0.5, 0.6) is 0 Å². The van der Waals surface area contributed by atoms with Crippen molar-refractivity contribution in [2.45, 2.75) is 243 Å². The van der Waals surface area contributed by atoms with Crippen molar-refractivity contribution in [3.8, 4) is 0 Å². The molecule has 1 rings (SSSR count). The number of carbonyl (C=O) groups excluding carboxylic acids is 1. The summed E-state index contributed by atoms with van der Waals surface area (Å²) in [6.07, 6.45) is 27.4. The van der Waals surface area contributed by atoms with Gasteiger partial charge in [-0.25, -0.2) is 4.18 Å². The Morgan fingerprint density at radius 1 is 0.607 bits per heavy atom. The predicted octanol–water partition coefficient (Wildman–Crippen LogP) is 9.30. The minimum atomic E-state index is -5.05. The van der Waals surface area contributed by atoms with Crippen LogP contribution < -0.4 is 0 Å². The predicted molar refractivity (Wildman–Crippen MR) is 221 cm³/mol. The molecule has 6 atom stereocenters. The smallest absolute Gasteiger partial charge is 0.397 e. The Morgan fingerprint density at radius 3 is 1.43 bits per heavy atom. The monoisotopic (exact) mass is 825 g/mol. The second-order valence-electron chi connectivity index (χ2n) is 16.0. The van der Waals surface area contributed by atoms with E-state index >= 15 is 0 Å². The van der Waals surface area contributed by atoms with Crippen LogP contribution in [0.15, 0.2) is 0 Å². The molecule has 1 heterocycles. The fourth-order valence-corrected chi connectivity index (χ4v) is 7.77. The Kier molecular flexibility index (Phi) is 34.1. The van der Waals surface area contributed by atoms with E-state index in [0.29, 0.717) is 13.0 Å². The number of ether oxygens (including phenoxy) is 4. The Morgan fingerprint density at radius 2 is 1.02 bits per heavy atom. The molecule has 0 saturated carbocycles. The summed E-state index contributed by atoms with van der Waals surface area (Å²) >= 11 is 0. The van der Waals surface area contributed by atoms with Gasteiger partial charge in [-0.2, -0.15) is 8.42 Å². The van der Waals surface area contributed by atoms with Crippen LogP contribution in [-0.2, 0) is 38.3 Å². The largest absolute Gasteiger partial charge is 0.457 e. The van der Waals surface area contributed by atoms with E-state index in [2.05, 4.69) is 18.0 Å². The van der Waals surface area contributed by atoms with Crippen LogP contribution in [-0.4, -0.2) is 97.5 Å². The normalized spacial score (nSPS) is 20.7. The number of esters is 1. The van der Waals surface area contributed by atoms with Crippen molar-refractivity contribution in [2.75, 3.05) is 26.4 Å². The van der Waals surface area contributed by atoms with Gasteiger partial charge in [0.25, 0.3) is 0 Å². The molecule has 0 amide bonds. The van der Waals surface area contributed by atoms with E-state index in [4.69, 9.17) is 23.5 Å². The fourth-order valence-electron chi connectivity index (χ4n) is 7.26. The first-order valence-corrected chi connectivity index (χ1v) is 24.2. The summed E-state index contributed by atoms with van der Waals surface area (Å²) < 4.78 is 58.8. The molecule has 56 heavy (non-hydrogen) atoms. The molecular formula is C43H84O12S. The van der Waals surface area contributed by atoms with Crippen molar-refractivity contribution < 1.29 is 56.2 Å². The topological polar surface area (TPSA) is 178 Å². The number of unbranched alkanes of at least 4 members (excludes halogenated alkanes) is 27. The van der Waals surface area contributed by atoms with Gasteiger partial charge in [-0.1, -0.05) is 187 Å². The van der Waals surface area contributed by atoms with Gasteiger partial charge in [-0.05, 0) is 12.8 Å². The number of hydrogen-bond donors (Lipinski definition) is 4. The highest BCUT2D eigenvalue weighted by molar-refractivity contribution is 7.80. The molecule has 0 bridgehead atoms. The molecule has 0 aromatic carbocycles. The number of rotatable bonds is 40. The van der Waals surface area contributed by atoms with E-state index in [-0.39, 0.29) is 19.6 Å². The summed E-state index contributed by atoms with van der Waals surface area (Å²) in [5.74, 6) is -0.396. The molecule has 334 valence electrons. The molecule has 13 heteroatoms. The Bertz CT molecular complexity index is 999. The van der Waals surface area contributed by atoms with Gasteiger partial charge in [0.05, 0.1) is 19.8 Å². The van der Waals surface area contributed by atoms with Gasteiger partial charge < -0.3 is 34.3 Å². The highest BCUT2D eigenvalue weighted by Gasteiger charge is 2.48. The summed E-state index contributed by atoms with van der Waals surface area (Å²) in [5, 5.41) is 30.5. The number of aliphatic hydroxyl groups is 3. The van der Waals surface area contributed by atoms with Crippen LogP contribution in [0.4, 0.5) is 0 Å². The minimum absolute atomic E-state index is 0.0424. The maximum atomic E-state index is 12.8. The second-order valence-corrected chi connectivity index (χ2v) is 17.1. The third-order valence-electron chi connectivity index (χ3n) is 10.7. The second kappa shape index (κ2) is 36.0. The molecular weight excluding hydrogens is 741 g/mol. The molecule has 0 aromatic rings. The highest BCUT2D eigenvalue weighted by Crippen LogP contribution is 2.26. The number of carbonyl (C=O) groups is 1. The molecule has 1 saturated heterocycles. The lowest BCUT2D eigenvalue weighted by Crippen LogP contribution is -2.60. The first-order valence-electron chi connectivity index (χ1n) is 22.8. The Hall–Kier alpha value is -0.900. The van der Waals surface area contributed by atoms with Gasteiger partial charge in [0.1, 0.15) is 30.5 Å². The van der Waals surface area contributed by atoms with Crippen LogP contribution in [0.1, 0.15) is 206 Å². The third kappa shape index (κ3) is 29.3. The highest BCUT2D eigenvalue weighted by atomic mass is 32.3. The maximum Gasteiger partial charge on any atom is 0.397 e. The van der Waals surface area contributed by atoms with E-state index in [1.54, 1.807) is 0 Å². The summed E-state index contributed by atoms with van der Waals surface area (Å²) in [5.41, 5.74) is 0. The van der Waals surface area contributed by atoms with Crippen molar-refractivity contribution in [1.82, 2.24) is 0 Å². The van der Waals surface area contributed by atoms with E-state index in [1.165, 1.54) is 141 Å².